The van der Waals surface area contributed by atoms with Crippen molar-refractivity contribution in [1.82, 2.24) is 9.97 Å². The molecule has 3 heteroatoms. The number of rotatable bonds is 1. The van der Waals surface area contributed by atoms with Crippen LogP contribution in [0.3, 0.4) is 0 Å². The first-order valence-corrected chi connectivity index (χ1v) is 6.03. The smallest absolute Gasteiger partial charge is 0.110 e. The normalized spacial score (nSPS) is 26.1. The van der Waals surface area contributed by atoms with Gasteiger partial charge >= 0.3 is 0 Å². The minimum atomic E-state index is 0.354. The molecule has 1 aromatic heterocycles. The summed E-state index contributed by atoms with van der Waals surface area (Å²) in [7, 11) is 0. The fraction of sp³-hybridized carbons (Fsp3) is 0.462. The van der Waals surface area contributed by atoms with Gasteiger partial charge in [0, 0.05) is 12.0 Å². The Morgan fingerprint density at radius 2 is 2.12 bits per heavy atom. The summed E-state index contributed by atoms with van der Waals surface area (Å²) in [5, 5.41) is 0. The number of para-hydroxylation sites is 2. The highest BCUT2D eigenvalue weighted by Gasteiger charge is 2.23. The Morgan fingerprint density at radius 3 is 2.94 bits per heavy atom. The van der Waals surface area contributed by atoms with Crippen LogP contribution in [0.15, 0.2) is 24.3 Å². The summed E-state index contributed by atoms with van der Waals surface area (Å²) in [6.45, 7) is 0. The first kappa shape index (κ1) is 9.85. The van der Waals surface area contributed by atoms with Crippen molar-refractivity contribution in [3.8, 4) is 0 Å². The molecular weight excluding hydrogens is 198 g/mol. The molecule has 16 heavy (non-hydrogen) atoms. The molecule has 0 aliphatic heterocycles. The summed E-state index contributed by atoms with van der Waals surface area (Å²) in [4.78, 5) is 8.08. The number of nitrogens with two attached hydrogens (primary N) is 1. The topological polar surface area (TPSA) is 54.7 Å². The maximum atomic E-state index is 6.02. The third-order valence-corrected chi connectivity index (χ3v) is 3.51. The Hall–Kier alpha value is -1.35. The van der Waals surface area contributed by atoms with Gasteiger partial charge in [-0.2, -0.15) is 0 Å². The van der Waals surface area contributed by atoms with Crippen LogP contribution in [-0.2, 0) is 0 Å². The summed E-state index contributed by atoms with van der Waals surface area (Å²) < 4.78 is 0. The zero-order valence-electron chi connectivity index (χ0n) is 9.32. The molecule has 0 radical (unpaired) electrons. The molecule has 0 spiro atoms. The Balaban J connectivity index is 1.93. The van der Waals surface area contributed by atoms with Gasteiger partial charge in [0.05, 0.1) is 11.0 Å². The van der Waals surface area contributed by atoms with E-state index >= 15 is 0 Å². The van der Waals surface area contributed by atoms with E-state index in [-0.39, 0.29) is 0 Å². The van der Waals surface area contributed by atoms with Gasteiger partial charge < -0.3 is 10.7 Å². The molecule has 1 saturated carbocycles. The van der Waals surface area contributed by atoms with Gasteiger partial charge in [0.2, 0.25) is 0 Å². The molecule has 1 fully saturated rings. The Morgan fingerprint density at radius 1 is 1.25 bits per heavy atom. The van der Waals surface area contributed by atoms with Gasteiger partial charge in [-0.1, -0.05) is 18.6 Å². The number of aromatic amines is 1. The molecule has 0 bridgehead atoms. The molecule has 2 aromatic rings. The summed E-state index contributed by atoms with van der Waals surface area (Å²) in [5.41, 5.74) is 8.22. The molecule has 3 nitrogen and oxygen atoms in total. The first-order valence-electron chi connectivity index (χ1n) is 6.03. The van der Waals surface area contributed by atoms with E-state index in [0.717, 1.165) is 29.7 Å². The van der Waals surface area contributed by atoms with Crippen LogP contribution in [0.2, 0.25) is 0 Å². The Bertz CT molecular complexity index is 456. The number of aromatic nitrogens is 2. The lowest BCUT2D eigenvalue weighted by molar-refractivity contribution is 0.384. The molecule has 84 valence electrons. The fourth-order valence-corrected chi connectivity index (χ4v) is 2.64. The van der Waals surface area contributed by atoms with Crippen molar-refractivity contribution in [3.05, 3.63) is 30.1 Å². The second kappa shape index (κ2) is 3.91. The van der Waals surface area contributed by atoms with Crippen molar-refractivity contribution < 1.29 is 0 Å². The van der Waals surface area contributed by atoms with Crippen molar-refractivity contribution in [2.75, 3.05) is 0 Å². The molecular formula is C13H17N3. The minimum Gasteiger partial charge on any atom is -0.342 e. The third kappa shape index (κ3) is 1.71. The quantitative estimate of drug-likeness (QED) is 0.768. The van der Waals surface area contributed by atoms with Gasteiger partial charge in [-0.15, -0.1) is 0 Å². The van der Waals surface area contributed by atoms with Crippen molar-refractivity contribution in [3.63, 3.8) is 0 Å². The van der Waals surface area contributed by atoms with E-state index in [1.165, 1.54) is 12.8 Å². The first-order chi connectivity index (χ1) is 7.83. The number of H-pyrrole nitrogens is 1. The van der Waals surface area contributed by atoms with Gasteiger partial charge in [0.1, 0.15) is 5.82 Å². The van der Waals surface area contributed by atoms with Crippen molar-refractivity contribution in [1.29, 1.82) is 0 Å². The van der Waals surface area contributed by atoms with E-state index in [9.17, 15) is 0 Å². The summed E-state index contributed by atoms with van der Waals surface area (Å²) in [6, 6.07) is 8.55. The number of hydrogen-bond donors (Lipinski definition) is 2. The average Bonchev–Trinajstić information content (AvgIpc) is 2.72. The predicted octanol–water partition coefficient (Wildman–Crippen LogP) is 2.55. The van der Waals surface area contributed by atoms with Crippen LogP contribution in [-0.4, -0.2) is 16.0 Å². The molecule has 1 heterocycles. The summed E-state index contributed by atoms with van der Waals surface area (Å²) >= 11 is 0. The zero-order valence-corrected chi connectivity index (χ0v) is 9.32. The van der Waals surface area contributed by atoms with Crippen LogP contribution in [0.5, 0.6) is 0 Å². The van der Waals surface area contributed by atoms with Crippen molar-refractivity contribution in [2.45, 2.75) is 37.6 Å². The van der Waals surface area contributed by atoms with E-state index in [1.807, 2.05) is 12.1 Å². The van der Waals surface area contributed by atoms with Gasteiger partial charge in [-0.05, 0) is 31.4 Å². The van der Waals surface area contributed by atoms with Crippen LogP contribution >= 0.6 is 0 Å². The zero-order chi connectivity index (χ0) is 11.0. The molecule has 1 aliphatic rings. The monoisotopic (exact) mass is 215 g/mol. The van der Waals surface area contributed by atoms with E-state index < -0.39 is 0 Å². The van der Waals surface area contributed by atoms with Crippen LogP contribution in [0.1, 0.15) is 37.4 Å². The number of fused-ring (bicyclic) bond motifs is 1. The van der Waals surface area contributed by atoms with E-state index in [1.54, 1.807) is 0 Å². The fourth-order valence-electron chi connectivity index (χ4n) is 2.64. The Kier molecular flexibility index (Phi) is 2.40. The molecule has 2 atom stereocenters. The van der Waals surface area contributed by atoms with E-state index in [2.05, 4.69) is 22.1 Å². The standard InChI is InChI=1S/C13H17N3/c14-10-5-3-4-9(8-10)13-15-11-6-1-2-7-12(11)16-13/h1-2,6-7,9-10H,3-5,8,14H2,(H,15,16)/t9-,10-/m1/s1. The maximum absolute atomic E-state index is 6.02. The molecule has 3 rings (SSSR count). The number of nitrogens with one attached hydrogen (secondary N) is 1. The van der Waals surface area contributed by atoms with Crippen molar-refractivity contribution in [2.24, 2.45) is 5.73 Å². The Labute approximate surface area is 95.1 Å². The lowest BCUT2D eigenvalue weighted by Crippen LogP contribution is -2.27. The summed E-state index contributed by atoms with van der Waals surface area (Å²) in [6.07, 6.45) is 4.67. The molecule has 0 unspecified atom stereocenters. The van der Waals surface area contributed by atoms with Gasteiger partial charge in [0.25, 0.3) is 0 Å². The second-order valence-corrected chi connectivity index (χ2v) is 4.76. The van der Waals surface area contributed by atoms with Gasteiger partial charge in [-0.25, -0.2) is 4.98 Å². The van der Waals surface area contributed by atoms with Gasteiger partial charge in [-0.3, -0.25) is 0 Å². The SMILES string of the molecule is N[C@@H]1CCC[C@@H](c2nc3ccccc3[nH]2)C1. The van der Waals surface area contributed by atoms with E-state index in [0.29, 0.717) is 12.0 Å². The summed E-state index contributed by atoms with van der Waals surface area (Å²) in [5.74, 6) is 1.65. The van der Waals surface area contributed by atoms with Crippen LogP contribution in [0, 0.1) is 0 Å². The lowest BCUT2D eigenvalue weighted by Gasteiger charge is -2.24. The van der Waals surface area contributed by atoms with Crippen LogP contribution in [0.25, 0.3) is 11.0 Å². The third-order valence-electron chi connectivity index (χ3n) is 3.51. The molecule has 1 aromatic carbocycles. The van der Waals surface area contributed by atoms with E-state index in [4.69, 9.17) is 5.73 Å². The number of imidazole rings is 1. The lowest BCUT2D eigenvalue weighted by atomic mass is 9.86. The van der Waals surface area contributed by atoms with Crippen LogP contribution in [0.4, 0.5) is 0 Å². The van der Waals surface area contributed by atoms with Crippen molar-refractivity contribution >= 4 is 11.0 Å². The predicted molar refractivity (Wildman–Crippen MR) is 65.3 cm³/mol. The molecule has 0 amide bonds. The highest BCUT2D eigenvalue weighted by atomic mass is 14.9. The molecule has 3 N–H and O–H groups in total. The highest BCUT2D eigenvalue weighted by molar-refractivity contribution is 5.74. The maximum Gasteiger partial charge on any atom is 0.110 e. The second-order valence-electron chi connectivity index (χ2n) is 4.76. The minimum absolute atomic E-state index is 0.354. The highest BCUT2D eigenvalue weighted by Crippen LogP contribution is 2.31. The van der Waals surface area contributed by atoms with Gasteiger partial charge in [0.15, 0.2) is 0 Å². The average molecular weight is 215 g/mol. The molecule has 0 saturated heterocycles. The largest absolute Gasteiger partial charge is 0.342 e. The number of nitrogens with zero attached hydrogens (tertiary/aromatic N) is 1. The molecule has 1 aliphatic carbocycles. The number of hydrogen-bond acceptors (Lipinski definition) is 2. The number of benzene rings is 1. The van der Waals surface area contributed by atoms with Crippen LogP contribution < -0.4 is 5.73 Å².